The maximum Gasteiger partial charge on any atom is 0.295 e. The maximum atomic E-state index is 13.3. The van der Waals surface area contributed by atoms with Gasteiger partial charge in [-0.1, -0.05) is 37.6 Å². The molecule has 2 heterocycles. The van der Waals surface area contributed by atoms with Gasteiger partial charge in [0.05, 0.1) is 38.0 Å². The Bertz CT molecular complexity index is 1120. The van der Waals surface area contributed by atoms with E-state index >= 15 is 0 Å². The molecule has 0 spiro atoms. The van der Waals surface area contributed by atoms with Crippen LogP contribution in [0.2, 0.25) is 0 Å². The third-order valence-corrected chi connectivity index (χ3v) is 6.90. The number of benzene rings is 2. The molecule has 4 rings (SSSR count). The molecule has 8 nitrogen and oxygen atoms in total. The van der Waals surface area contributed by atoms with Crippen molar-refractivity contribution in [1.82, 2.24) is 9.80 Å². The van der Waals surface area contributed by atoms with Crippen LogP contribution < -0.4 is 9.47 Å². The average molecular weight is 523 g/mol. The van der Waals surface area contributed by atoms with E-state index in [0.29, 0.717) is 50.7 Å². The first-order valence-electron chi connectivity index (χ1n) is 13.6. The first-order valence-corrected chi connectivity index (χ1v) is 13.6. The van der Waals surface area contributed by atoms with E-state index in [-0.39, 0.29) is 11.3 Å². The van der Waals surface area contributed by atoms with Gasteiger partial charge in [0.15, 0.2) is 0 Å². The summed E-state index contributed by atoms with van der Waals surface area (Å²) in [7, 11) is 0. The van der Waals surface area contributed by atoms with Crippen molar-refractivity contribution in [2.24, 2.45) is 0 Å². The second kappa shape index (κ2) is 13.4. The van der Waals surface area contributed by atoms with Crippen LogP contribution in [0.25, 0.3) is 5.76 Å². The summed E-state index contributed by atoms with van der Waals surface area (Å²) in [6, 6.07) is 13.7. The molecule has 2 aliphatic rings. The smallest absolute Gasteiger partial charge is 0.295 e. The van der Waals surface area contributed by atoms with Gasteiger partial charge in [0.1, 0.15) is 17.3 Å². The maximum absolute atomic E-state index is 13.3. The van der Waals surface area contributed by atoms with Crippen LogP contribution in [-0.2, 0) is 14.3 Å². The minimum absolute atomic E-state index is 0.0923. The fraction of sp³-hybridized carbons (Fsp3) is 0.467. The first-order chi connectivity index (χ1) is 18.5. The van der Waals surface area contributed by atoms with Crippen molar-refractivity contribution < 1.29 is 28.9 Å². The third-order valence-electron chi connectivity index (χ3n) is 6.90. The van der Waals surface area contributed by atoms with E-state index in [1.165, 1.54) is 0 Å². The molecule has 0 aliphatic carbocycles. The van der Waals surface area contributed by atoms with E-state index in [0.717, 1.165) is 43.8 Å². The summed E-state index contributed by atoms with van der Waals surface area (Å²) in [5.74, 6) is -0.155. The molecule has 1 unspecified atom stereocenters. The molecule has 2 aromatic rings. The molecule has 204 valence electrons. The molecular formula is C30H38N2O6. The highest BCUT2D eigenvalue weighted by Crippen LogP contribution is 2.40. The fourth-order valence-electron chi connectivity index (χ4n) is 4.88. The van der Waals surface area contributed by atoms with Gasteiger partial charge in [0.25, 0.3) is 11.7 Å². The van der Waals surface area contributed by atoms with E-state index in [9.17, 15) is 14.7 Å². The average Bonchev–Trinajstić information content (AvgIpc) is 3.19. The van der Waals surface area contributed by atoms with E-state index in [4.69, 9.17) is 14.2 Å². The largest absolute Gasteiger partial charge is 0.507 e. The summed E-state index contributed by atoms with van der Waals surface area (Å²) < 4.78 is 16.8. The van der Waals surface area contributed by atoms with Crippen LogP contribution in [0.4, 0.5) is 0 Å². The van der Waals surface area contributed by atoms with Crippen LogP contribution >= 0.6 is 0 Å². The number of hydrogen-bond donors (Lipinski definition) is 1. The number of morpholine rings is 1. The fourth-order valence-corrected chi connectivity index (χ4v) is 4.88. The van der Waals surface area contributed by atoms with Crippen LogP contribution in [0.15, 0.2) is 54.1 Å². The van der Waals surface area contributed by atoms with Crippen molar-refractivity contribution in [3.8, 4) is 11.5 Å². The number of rotatable bonds is 12. The molecule has 38 heavy (non-hydrogen) atoms. The Labute approximate surface area is 224 Å². The van der Waals surface area contributed by atoms with Gasteiger partial charge in [0.2, 0.25) is 0 Å². The van der Waals surface area contributed by atoms with Gasteiger partial charge in [-0.3, -0.25) is 14.5 Å². The van der Waals surface area contributed by atoms with Crippen LogP contribution in [-0.4, -0.2) is 79.2 Å². The Morgan fingerprint density at radius 2 is 1.74 bits per heavy atom. The zero-order chi connectivity index (χ0) is 26.9. The number of amides is 1. The Hall–Kier alpha value is -3.36. The summed E-state index contributed by atoms with van der Waals surface area (Å²) >= 11 is 0. The standard InChI is InChI=1S/C30H38N2O6/c1-3-5-18-38-24-12-10-22(11-13-24)27-26(28(33)23-8-6-9-25(21-23)37-4-2)29(34)30(35)32(27)15-7-14-31-16-19-36-20-17-31/h6,8-13,21,27,33H,3-5,7,14-20H2,1-2H3/b28-26+. The van der Waals surface area contributed by atoms with Crippen LogP contribution in [0.5, 0.6) is 11.5 Å². The number of hydrogen-bond acceptors (Lipinski definition) is 7. The molecule has 2 fully saturated rings. The number of Topliss-reactive ketones (excluding diaryl/α,β-unsaturated/α-hetero) is 1. The normalized spacial score (nSPS) is 19.6. The van der Waals surface area contributed by atoms with Gasteiger partial charge in [-0.05, 0) is 49.6 Å². The molecule has 0 saturated carbocycles. The zero-order valence-electron chi connectivity index (χ0n) is 22.4. The van der Waals surface area contributed by atoms with Crippen molar-refractivity contribution in [1.29, 1.82) is 0 Å². The second-order valence-corrected chi connectivity index (χ2v) is 9.53. The SMILES string of the molecule is CCCCOc1ccc(C2/C(=C(\O)c3cccc(OCC)c3)C(=O)C(=O)N2CCCN2CCOCC2)cc1. The second-order valence-electron chi connectivity index (χ2n) is 9.53. The Balaban J connectivity index is 1.64. The van der Waals surface area contributed by atoms with Crippen molar-refractivity contribution in [2.45, 2.75) is 39.2 Å². The number of ether oxygens (including phenoxy) is 3. The van der Waals surface area contributed by atoms with E-state index < -0.39 is 17.7 Å². The molecule has 1 atom stereocenters. The van der Waals surface area contributed by atoms with E-state index in [1.54, 1.807) is 29.2 Å². The topological polar surface area (TPSA) is 88.5 Å². The highest BCUT2D eigenvalue weighted by atomic mass is 16.5. The first kappa shape index (κ1) is 27.7. The highest BCUT2D eigenvalue weighted by molar-refractivity contribution is 6.46. The molecule has 1 N–H and O–H groups in total. The van der Waals surface area contributed by atoms with Crippen LogP contribution in [0.3, 0.4) is 0 Å². The minimum Gasteiger partial charge on any atom is -0.507 e. The third kappa shape index (κ3) is 6.55. The monoisotopic (exact) mass is 522 g/mol. The number of aliphatic hydroxyl groups is 1. The number of likely N-dealkylation sites (tertiary alicyclic amines) is 1. The number of aliphatic hydroxyl groups excluding tert-OH is 1. The summed E-state index contributed by atoms with van der Waals surface area (Å²) in [5.41, 5.74) is 1.28. The lowest BCUT2D eigenvalue weighted by molar-refractivity contribution is -0.140. The van der Waals surface area contributed by atoms with Gasteiger partial charge in [-0.25, -0.2) is 0 Å². The lowest BCUT2D eigenvalue weighted by atomic mass is 9.95. The summed E-state index contributed by atoms with van der Waals surface area (Å²) in [5, 5.41) is 11.4. The van der Waals surface area contributed by atoms with E-state index in [1.807, 2.05) is 31.2 Å². The van der Waals surface area contributed by atoms with Crippen molar-refractivity contribution in [3.63, 3.8) is 0 Å². The molecule has 2 aliphatic heterocycles. The van der Waals surface area contributed by atoms with Gasteiger partial charge in [0, 0.05) is 31.7 Å². The Kier molecular flexibility index (Phi) is 9.79. The Morgan fingerprint density at radius 1 is 0.974 bits per heavy atom. The van der Waals surface area contributed by atoms with Gasteiger partial charge in [-0.2, -0.15) is 0 Å². The van der Waals surface area contributed by atoms with Crippen LogP contribution in [0.1, 0.15) is 50.3 Å². The Morgan fingerprint density at radius 3 is 2.45 bits per heavy atom. The van der Waals surface area contributed by atoms with Crippen molar-refractivity contribution >= 4 is 17.4 Å². The van der Waals surface area contributed by atoms with Gasteiger partial charge in [-0.15, -0.1) is 0 Å². The minimum atomic E-state index is -0.694. The number of carbonyl (C=O) groups is 2. The molecule has 0 aromatic heterocycles. The van der Waals surface area contributed by atoms with Crippen LogP contribution in [0, 0.1) is 0 Å². The van der Waals surface area contributed by atoms with Crippen molar-refractivity contribution in [3.05, 3.63) is 65.2 Å². The predicted molar refractivity (Wildman–Crippen MR) is 145 cm³/mol. The molecule has 8 heteroatoms. The number of unbranched alkanes of at least 4 members (excludes halogenated alkanes) is 1. The quantitative estimate of drug-likeness (QED) is 0.191. The number of nitrogens with zero attached hydrogens (tertiary/aromatic N) is 2. The molecule has 0 bridgehead atoms. The molecule has 0 radical (unpaired) electrons. The van der Waals surface area contributed by atoms with Crippen molar-refractivity contribution in [2.75, 3.05) is 52.6 Å². The lowest BCUT2D eigenvalue weighted by Crippen LogP contribution is -2.38. The lowest BCUT2D eigenvalue weighted by Gasteiger charge is -2.29. The summed E-state index contributed by atoms with van der Waals surface area (Å²) in [6.45, 7) is 9.43. The highest BCUT2D eigenvalue weighted by Gasteiger charge is 2.45. The van der Waals surface area contributed by atoms with E-state index in [2.05, 4.69) is 11.8 Å². The molecule has 2 saturated heterocycles. The number of carbonyl (C=O) groups excluding carboxylic acids is 2. The summed E-state index contributed by atoms with van der Waals surface area (Å²) in [6.07, 6.45) is 2.72. The predicted octanol–water partition coefficient (Wildman–Crippen LogP) is 4.41. The molecular weight excluding hydrogens is 484 g/mol. The summed E-state index contributed by atoms with van der Waals surface area (Å²) in [4.78, 5) is 30.5. The molecule has 2 aromatic carbocycles. The molecule has 1 amide bonds. The van der Waals surface area contributed by atoms with Gasteiger partial charge < -0.3 is 24.2 Å². The van der Waals surface area contributed by atoms with Gasteiger partial charge >= 0.3 is 0 Å². The number of ketones is 1. The zero-order valence-corrected chi connectivity index (χ0v) is 22.4.